The third kappa shape index (κ3) is 3.90. The van der Waals surface area contributed by atoms with Crippen LogP contribution in [0.15, 0.2) is 30.7 Å². The second-order valence-corrected chi connectivity index (χ2v) is 7.66. The van der Waals surface area contributed by atoms with Crippen LogP contribution in [0, 0.1) is 23.2 Å². The second kappa shape index (κ2) is 6.72. The van der Waals surface area contributed by atoms with Gasteiger partial charge in [-0.2, -0.15) is 5.10 Å². The van der Waals surface area contributed by atoms with Gasteiger partial charge in [-0.15, -0.1) is 0 Å². The molecule has 0 spiro atoms. The van der Waals surface area contributed by atoms with Gasteiger partial charge in [-0.1, -0.05) is 33.6 Å². The first-order valence-electron chi connectivity index (χ1n) is 8.62. The van der Waals surface area contributed by atoms with Gasteiger partial charge in [-0.3, -0.25) is 9.78 Å². The molecule has 2 aromatic heterocycles. The molecule has 130 valence electrons. The van der Waals surface area contributed by atoms with E-state index in [0.29, 0.717) is 13.1 Å². The summed E-state index contributed by atoms with van der Waals surface area (Å²) in [5.74, 6) is 5.85. The highest BCUT2D eigenvalue weighted by Crippen LogP contribution is 2.31. The molecule has 0 atom stereocenters. The first-order valence-corrected chi connectivity index (χ1v) is 8.62. The molecule has 0 aromatic carbocycles. The van der Waals surface area contributed by atoms with E-state index in [4.69, 9.17) is 0 Å². The van der Waals surface area contributed by atoms with Crippen LogP contribution in [0.1, 0.15) is 39.0 Å². The van der Waals surface area contributed by atoms with E-state index in [1.54, 1.807) is 12.4 Å². The Labute approximate surface area is 149 Å². The third-order valence-corrected chi connectivity index (χ3v) is 4.24. The molecule has 5 heteroatoms. The van der Waals surface area contributed by atoms with Crippen LogP contribution >= 0.6 is 0 Å². The minimum atomic E-state index is -0.105. The summed E-state index contributed by atoms with van der Waals surface area (Å²) in [6, 6.07) is 3.89. The van der Waals surface area contributed by atoms with E-state index in [1.165, 1.54) is 0 Å². The molecule has 1 aliphatic rings. The zero-order valence-electron chi connectivity index (χ0n) is 15.3. The fourth-order valence-electron chi connectivity index (χ4n) is 3.15. The molecular formula is C20H24N4O. The highest BCUT2D eigenvalue weighted by molar-refractivity contribution is 5.93. The number of hydrogen-bond acceptors (Lipinski definition) is 3. The Bertz CT molecular complexity index is 824. The summed E-state index contributed by atoms with van der Waals surface area (Å²) in [6.07, 6.45) is 6.25. The largest absolute Gasteiger partial charge is 0.327 e. The SMILES string of the molecule is CC(C)C#CC(=O)N1Cc2cnn(-c3ccncc3)c2CC(C)(C)C1. The molecule has 0 bridgehead atoms. The number of amides is 1. The predicted octanol–water partition coefficient (Wildman–Crippen LogP) is 2.84. The molecule has 0 saturated carbocycles. The predicted molar refractivity (Wildman–Crippen MR) is 96.9 cm³/mol. The van der Waals surface area contributed by atoms with Crippen LogP contribution in [0.25, 0.3) is 5.69 Å². The number of nitrogens with zero attached hydrogens (tertiary/aromatic N) is 4. The normalized spacial score (nSPS) is 16.0. The average Bonchev–Trinajstić information content (AvgIpc) is 2.88. The van der Waals surface area contributed by atoms with Gasteiger partial charge in [-0.25, -0.2) is 4.68 Å². The summed E-state index contributed by atoms with van der Waals surface area (Å²) < 4.78 is 1.96. The Morgan fingerprint density at radius 2 is 2.00 bits per heavy atom. The molecule has 0 unspecified atom stereocenters. The molecule has 0 saturated heterocycles. The quantitative estimate of drug-likeness (QED) is 0.753. The van der Waals surface area contributed by atoms with Crippen molar-refractivity contribution in [2.75, 3.05) is 6.54 Å². The molecule has 0 radical (unpaired) electrons. The molecule has 3 heterocycles. The van der Waals surface area contributed by atoms with Crippen LogP contribution < -0.4 is 0 Å². The minimum absolute atomic E-state index is 0.0504. The van der Waals surface area contributed by atoms with E-state index in [0.717, 1.165) is 23.4 Å². The van der Waals surface area contributed by atoms with Crippen LogP contribution in [0.3, 0.4) is 0 Å². The maximum Gasteiger partial charge on any atom is 0.298 e. The maximum atomic E-state index is 12.5. The maximum absolute atomic E-state index is 12.5. The van der Waals surface area contributed by atoms with Crippen LogP contribution in [0.2, 0.25) is 0 Å². The number of carbonyl (C=O) groups excluding carboxylic acids is 1. The highest BCUT2D eigenvalue weighted by atomic mass is 16.2. The van der Waals surface area contributed by atoms with Crippen molar-refractivity contribution in [2.24, 2.45) is 11.3 Å². The molecule has 2 aromatic rings. The zero-order chi connectivity index (χ0) is 18.0. The molecule has 1 aliphatic heterocycles. The highest BCUT2D eigenvalue weighted by Gasteiger charge is 2.32. The lowest BCUT2D eigenvalue weighted by atomic mass is 9.87. The molecule has 0 fully saturated rings. The number of hydrogen-bond donors (Lipinski definition) is 0. The van der Waals surface area contributed by atoms with E-state index in [1.807, 2.05) is 41.8 Å². The molecule has 25 heavy (non-hydrogen) atoms. The Kier molecular flexibility index (Phi) is 4.63. The smallest absolute Gasteiger partial charge is 0.298 e. The molecule has 1 amide bonds. The third-order valence-electron chi connectivity index (χ3n) is 4.24. The molecule has 3 rings (SSSR count). The van der Waals surface area contributed by atoms with Gasteiger partial charge < -0.3 is 4.90 Å². The van der Waals surface area contributed by atoms with E-state index in [2.05, 4.69) is 35.8 Å². The molecule has 5 nitrogen and oxygen atoms in total. The lowest BCUT2D eigenvalue weighted by Crippen LogP contribution is -2.36. The van der Waals surface area contributed by atoms with Crippen molar-refractivity contribution >= 4 is 5.91 Å². The van der Waals surface area contributed by atoms with Gasteiger partial charge in [0.25, 0.3) is 5.91 Å². The number of aromatic nitrogens is 3. The van der Waals surface area contributed by atoms with Gasteiger partial charge in [-0.05, 0) is 29.9 Å². The summed E-state index contributed by atoms with van der Waals surface area (Å²) >= 11 is 0. The van der Waals surface area contributed by atoms with Crippen LogP contribution in [-0.2, 0) is 17.8 Å². The monoisotopic (exact) mass is 336 g/mol. The molecular weight excluding hydrogens is 312 g/mol. The van der Waals surface area contributed by atoms with Gasteiger partial charge in [0.1, 0.15) is 0 Å². The lowest BCUT2D eigenvalue weighted by Gasteiger charge is -2.28. The van der Waals surface area contributed by atoms with Crippen LogP contribution in [-0.4, -0.2) is 32.1 Å². The van der Waals surface area contributed by atoms with Gasteiger partial charge >= 0.3 is 0 Å². The van der Waals surface area contributed by atoms with E-state index in [-0.39, 0.29) is 17.2 Å². The summed E-state index contributed by atoms with van der Waals surface area (Å²) in [5, 5.41) is 4.56. The standard InChI is InChI=1S/C20H24N4O/c1-15(2)5-6-19(25)23-13-16-12-22-24(17-7-9-21-10-8-17)18(16)11-20(3,4)14-23/h7-10,12,15H,11,13-14H2,1-4H3. The Morgan fingerprint density at radius 1 is 1.28 bits per heavy atom. The summed E-state index contributed by atoms with van der Waals surface area (Å²) in [7, 11) is 0. The van der Waals surface area contributed by atoms with Gasteiger partial charge in [0.2, 0.25) is 0 Å². The van der Waals surface area contributed by atoms with E-state index >= 15 is 0 Å². The summed E-state index contributed by atoms with van der Waals surface area (Å²) in [6.45, 7) is 9.58. The zero-order valence-corrected chi connectivity index (χ0v) is 15.3. The van der Waals surface area contributed by atoms with Crippen molar-refractivity contribution < 1.29 is 4.79 Å². The molecule has 0 N–H and O–H groups in total. The topological polar surface area (TPSA) is 51.0 Å². The van der Waals surface area contributed by atoms with E-state index < -0.39 is 0 Å². The first-order chi connectivity index (χ1) is 11.9. The van der Waals surface area contributed by atoms with Crippen molar-refractivity contribution in [3.8, 4) is 17.5 Å². The average molecular weight is 336 g/mol. The van der Waals surface area contributed by atoms with Crippen molar-refractivity contribution in [1.82, 2.24) is 19.7 Å². The number of rotatable bonds is 1. The van der Waals surface area contributed by atoms with Crippen molar-refractivity contribution in [3.63, 3.8) is 0 Å². The Balaban J connectivity index is 1.96. The number of fused-ring (bicyclic) bond motifs is 1. The molecule has 0 aliphatic carbocycles. The Hall–Kier alpha value is -2.61. The van der Waals surface area contributed by atoms with Gasteiger partial charge in [0, 0.05) is 42.7 Å². The van der Waals surface area contributed by atoms with Crippen LogP contribution in [0.4, 0.5) is 0 Å². The van der Waals surface area contributed by atoms with Gasteiger partial charge in [0.05, 0.1) is 11.9 Å². The second-order valence-electron chi connectivity index (χ2n) is 7.66. The summed E-state index contributed by atoms with van der Waals surface area (Å²) in [4.78, 5) is 18.5. The lowest BCUT2D eigenvalue weighted by molar-refractivity contribution is -0.126. The fraction of sp³-hybridized carbons (Fsp3) is 0.450. The summed E-state index contributed by atoms with van der Waals surface area (Å²) in [5.41, 5.74) is 3.18. The van der Waals surface area contributed by atoms with E-state index in [9.17, 15) is 4.79 Å². The fourth-order valence-corrected chi connectivity index (χ4v) is 3.15. The number of pyridine rings is 1. The number of carbonyl (C=O) groups is 1. The van der Waals surface area contributed by atoms with Crippen molar-refractivity contribution in [3.05, 3.63) is 42.0 Å². The first kappa shape index (κ1) is 17.2. The Morgan fingerprint density at radius 3 is 2.68 bits per heavy atom. The van der Waals surface area contributed by atoms with Crippen LogP contribution in [0.5, 0.6) is 0 Å². The van der Waals surface area contributed by atoms with Crippen molar-refractivity contribution in [1.29, 1.82) is 0 Å². The van der Waals surface area contributed by atoms with Gasteiger partial charge in [0.15, 0.2) is 0 Å². The van der Waals surface area contributed by atoms with Crippen molar-refractivity contribution in [2.45, 2.75) is 40.7 Å². The minimum Gasteiger partial charge on any atom is -0.327 e.